The zero-order valence-corrected chi connectivity index (χ0v) is 13.2. The number of hydrogen-bond acceptors (Lipinski definition) is 3. The Hall–Kier alpha value is -0.610. The Morgan fingerprint density at radius 1 is 1.42 bits per heavy atom. The van der Waals surface area contributed by atoms with Crippen LogP contribution >= 0.6 is 0 Å². The van der Waals surface area contributed by atoms with Crippen LogP contribution in [0.1, 0.15) is 53.4 Å². The van der Waals surface area contributed by atoms with Crippen LogP contribution in [0.2, 0.25) is 0 Å². The van der Waals surface area contributed by atoms with Crippen molar-refractivity contribution in [3.05, 3.63) is 0 Å². The van der Waals surface area contributed by atoms with Gasteiger partial charge in [-0.15, -0.1) is 0 Å². The van der Waals surface area contributed by atoms with E-state index < -0.39 is 5.54 Å². The van der Waals surface area contributed by atoms with Crippen LogP contribution in [0.3, 0.4) is 0 Å². The van der Waals surface area contributed by atoms with Gasteiger partial charge in [0.25, 0.3) is 0 Å². The summed E-state index contributed by atoms with van der Waals surface area (Å²) in [4.78, 5) is 14.2. The standard InChI is InChI=1S/C15H31N3O/c1-11(2)8-9-18(13-6-7-13)12(3)10-15(4,17-5)14(16)19/h11-13,17H,6-10H2,1-5H3,(H2,16,19). The van der Waals surface area contributed by atoms with Crippen molar-refractivity contribution in [2.75, 3.05) is 13.6 Å². The first-order valence-electron chi connectivity index (χ1n) is 7.54. The lowest BCUT2D eigenvalue weighted by atomic mass is 9.92. The molecule has 19 heavy (non-hydrogen) atoms. The number of likely N-dealkylation sites (N-methyl/N-ethyl adjacent to an activating group) is 1. The maximum Gasteiger partial charge on any atom is 0.237 e. The summed E-state index contributed by atoms with van der Waals surface area (Å²) in [7, 11) is 1.81. The smallest absolute Gasteiger partial charge is 0.237 e. The first kappa shape index (κ1) is 16.4. The van der Waals surface area contributed by atoms with Gasteiger partial charge in [-0.25, -0.2) is 0 Å². The minimum atomic E-state index is -0.607. The van der Waals surface area contributed by atoms with Crippen molar-refractivity contribution in [1.29, 1.82) is 0 Å². The minimum absolute atomic E-state index is 0.263. The molecule has 1 saturated carbocycles. The molecule has 0 aromatic rings. The van der Waals surface area contributed by atoms with Gasteiger partial charge in [-0.1, -0.05) is 13.8 Å². The Kier molecular flexibility index (Phi) is 5.81. The number of primary amides is 1. The highest BCUT2D eigenvalue weighted by Gasteiger charge is 2.37. The van der Waals surface area contributed by atoms with Crippen molar-refractivity contribution in [1.82, 2.24) is 10.2 Å². The predicted molar refractivity (Wildman–Crippen MR) is 79.9 cm³/mol. The van der Waals surface area contributed by atoms with Crippen LogP contribution < -0.4 is 11.1 Å². The summed E-state index contributed by atoms with van der Waals surface area (Å²) in [5.74, 6) is 0.460. The lowest BCUT2D eigenvalue weighted by Crippen LogP contribution is -2.55. The Morgan fingerprint density at radius 3 is 2.37 bits per heavy atom. The molecular weight excluding hydrogens is 238 g/mol. The number of carbonyl (C=O) groups excluding carboxylic acids is 1. The van der Waals surface area contributed by atoms with E-state index in [-0.39, 0.29) is 5.91 Å². The largest absolute Gasteiger partial charge is 0.368 e. The van der Waals surface area contributed by atoms with Gasteiger partial charge in [0.05, 0.1) is 5.54 Å². The highest BCUT2D eigenvalue weighted by molar-refractivity contribution is 5.84. The highest BCUT2D eigenvalue weighted by Crippen LogP contribution is 2.31. The van der Waals surface area contributed by atoms with E-state index in [0.717, 1.165) is 24.9 Å². The fourth-order valence-electron chi connectivity index (χ4n) is 2.61. The van der Waals surface area contributed by atoms with E-state index in [0.29, 0.717) is 6.04 Å². The molecule has 0 spiro atoms. The quantitative estimate of drug-likeness (QED) is 0.670. The summed E-state index contributed by atoms with van der Waals surface area (Å²) >= 11 is 0. The summed E-state index contributed by atoms with van der Waals surface area (Å²) in [6.07, 6.45) is 4.59. The van der Waals surface area contributed by atoms with E-state index in [9.17, 15) is 4.79 Å². The zero-order valence-electron chi connectivity index (χ0n) is 13.2. The molecule has 0 bridgehead atoms. The number of rotatable bonds is 9. The molecule has 0 aromatic carbocycles. The molecule has 0 radical (unpaired) electrons. The van der Waals surface area contributed by atoms with Crippen LogP contribution in [0.15, 0.2) is 0 Å². The van der Waals surface area contributed by atoms with E-state index in [4.69, 9.17) is 5.73 Å². The van der Waals surface area contributed by atoms with Crippen LogP contribution in [-0.2, 0) is 4.79 Å². The molecule has 1 amide bonds. The highest BCUT2D eigenvalue weighted by atomic mass is 16.1. The van der Waals surface area contributed by atoms with Crippen LogP contribution in [-0.4, -0.2) is 42.0 Å². The summed E-state index contributed by atoms with van der Waals surface area (Å²) in [5, 5.41) is 3.09. The lowest BCUT2D eigenvalue weighted by Gasteiger charge is -2.35. The van der Waals surface area contributed by atoms with Crippen LogP contribution in [0.25, 0.3) is 0 Å². The minimum Gasteiger partial charge on any atom is -0.368 e. The van der Waals surface area contributed by atoms with Crippen LogP contribution in [0, 0.1) is 5.92 Å². The van der Waals surface area contributed by atoms with Gasteiger partial charge in [-0.2, -0.15) is 0 Å². The molecule has 4 nitrogen and oxygen atoms in total. The number of hydrogen-bond donors (Lipinski definition) is 2. The third-order valence-corrected chi connectivity index (χ3v) is 4.35. The molecule has 0 aliphatic heterocycles. The fraction of sp³-hybridized carbons (Fsp3) is 0.933. The lowest BCUT2D eigenvalue weighted by molar-refractivity contribution is -0.124. The van der Waals surface area contributed by atoms with Gasteiger partial charge in [0.15, 0.2) is 0 Å². The summed E-state index contributed by atoms with van der Waals surface area (Å²) in [6.45, 7) is 9.77. The van der Waals surface area contributed by atoms with Crippen molar-refractivity contribution in [3.8, 4) is 0 Å². The summed E-state index contributed by atoms with van der Waals surface area (Å²) in [6, 6.07) is 1.11. The van der Waals surface area contributed by atoms with Gasteiger partial charge in [0.2, 0.25) is 5.91 Å². The fourth-order valence-corrected chi connectivity index (χ4v) is 2.61. The van der Waals surface area contributed by atoms with E-state index in [1.54, 1.807) is 0 Å². The van der Waals surface area contributed by atoms with Crippen molar-refractivity contribution in [2.24, 2.45) is 11.7 Å². The molecule has 0 heterocycles. The number of nitrogens with zero attached hydrogens (tertiary/aromatic N) is 1. The number of carbonyl (C=O) groups is 1. The Labute approximate surface area is 118 Å². The molecule has 1 rings (SSSR count). The van der Waals surface area contributed by atoms with E-state index >= 15 is 0 Å². The second-order valence-electron chi connectivity index (χ2n) is 6.65. The topological polar surface area (TPSA) is 58.4 Å². The van der Waals surface area contributed by atoms with Crippen molar-refractivity contribution < 1.29 is 4.79 Å². The molecule has 1 aliphatic rings. The Morgan fingerprint density at radius 2 is 2.00 bits per heavy atom. The van der Waals surface area contributed by atoms with E-state index in [2.05, 4.69) is 31.0 Å². The molecule has 112 valence electrons. The molecule has 0 saturated heterocycles. The van der Waals surface area contributed by atoms with Gasteiger partial charge in [-0.3, -0.25) is 9.69 Å². The average Bonchev–Trinajstić information content (AvgIpc) is 3.12. The van der Waals surface area contributed by atoms with Crippen molar-refractivity contribution in [2.45, 2.75) is 71.0 Å². The third kappa shape index (κ3) is 4.77. The molecule has 0 aromatic heterocycles. The van der Waals surface area contributed by atoms with Gasteiger partial charge in [0, 0.05) is 12.1 Å². The van der Waals surface area contributed by atoms with Crippen molar-refractivity contribution >= 4 is 5.91 Å². The van der Waals surface area contributed by atoms with Crippen LogP contribution in [0.5, 0.6) is 0 Å². The molecule has 1 fully saturated rings. The van der Waals surface area contributed by atoms with E-state index in [1.807, 2.05) is 14.0 Å². The van der Waals surface area contributed by atoms with Crippen LogP contribution in [0.4, 0.5) is 0 Å². The molecule has 2 atom stereocenters. The predicted octanol–water partition coefficient (Wildman–Crippen LogP) is 1.74. The summed E-state index contributed by atoms with van der Waals surface area (Å²) < 4.78 is 0. The molecule has 4 heteroatoms. The SMILES string of the molecule is CNC(C)(CC(C)N(CCC(C)C)C1CC1)C(N)=O. The maximum absolute atomic E-state index is 11.6. The average molecular weight is 269 g/mol. The van der Waals surface area contributed by atoms with Gasteiger partial charge in [-0.05, 0) is 59.0 Å². The molecule has 3 N–H and O–H groups in total. The van der Waals surface area contributed by atoms with Gasteiger partial charge in [0.1, 0.15) is 0 Å². The second kappa shape index (κ2) is 6.71. The Balaban J connectivity index is 2.61. The second-order valence-corrected chi connectivity index (χ2v) is 6.65. The summed E-state index contributed by atoms with van der Waals surface area (Å²) in [5.41, 5.74) is 4.92. The first-order chi connectivity index (χ1) is 8.80. The van der Waals surface area contributed by atoms with Crippen molar-refractivity contribution in [3.63, 3.8) is 0 Å². The zero-order chi connectivity index (χ0) is 14.6. The molecular formula is C15H31N3O. The normalized spacial score (nSPS) is 20.6. The molecule has 2 unspecified atom stereocenters. The van der Waals surface area contributed by atoms with E-state index in [1.165, 1.54) is 19.3 Å². The number of nitrogens with two attached hydrogens (primary N) is 1. The number of amides is 1. The number of nitrogens with one attached hydrogen (secondary N) is 1. The monoisotopic (exact) mass is 269 g/mol. The molecule has 1 aliphatic carbocycles. The maximum atomic E-state index is 11.6. The Bertz CT molecular complexity index is 302. The van der Waals surface area contributed by atoms with Gasteiger partial charge >= 0.3 is 0 Å². The van der Waals surface area contributed by atoms with Gasteiger partial charge < -0.3 is 11.1 Å². The first-order valence-corrected chi connectivity index (χ1v) is 7.54. The third-order valence-electron chi connectivity index (χ3n) is 4.35.